The highest BCUT2D eigenvalue weighted by Crippen LogP contribution is 2.33. The van der Waals surface area contributed by atoms with E-state index in [0.29, 0.717) is 22.8 Å². The van der Waals surface area contributed by atoms with Gasteiger partial charge in [0.15, 0.2) is 15.8 Å². The second-order valence-corrected chi connectivity index (χ2v) is 9.99. The van der Waals surface area contributed by atoms with Crippen LogP contribution in [-0.4, -0.2) is 29.6 Å². The van der Waals surface area contributed by atoms with Crippen LogP contribution < -0.4 is 15.4 Å². The van der Waals surface area contributed by atoms with Gasteiger partial charge < -0.3 is 10.6 Å². The molecule has 0 fully saturated rings. The summed E-state index contributed by atoms with van der Waals surface area (Å²) < 4.78 is 25.2. The van der Waals surface area contributed by atoms with Crippen molar-refractivity contribution in [3.8, 4) is 0 Å². The van der Waals surface area contributed by atoms with Gasteiger partial charge in [0.2, 0.25) is 10.0 Å². The average molecular weight is 455 g/mol. The van der Waals surface area contributed by atoms with E-state index in [1.54, 1.807) is 24.3 Å². The molecule has 4 aromatic rings. The first-order valence-corrected chi connectivity index (χ1v) is 12.2. The van der Waals surface area contributed by atoms with E-state index >= 15 is 0 Å². The molecule has 0 spiro atoms. The zero-order valence-corrected chi connectivity index (χ0v) is 19.1. The van der Waals surface area contributed by atoms with Gasteiger partial charge in [0, 0.05) is 17.1 Å². The summed E-state index contributed by atoms with van der Waals surface area (Å²) in [6.45, 7) is 5.95. The van der Waals surface area contributed by atoms with Crippen LogP contribution in [0.5, 0.6) is 0 Å². The lowest BCUT2D eigenvalue weighted by Crippen LogP contribution is -2.09. The molecule has 0 atom stereocenters. The van der Waals surface area contributed by atoms with Crippen molar-refractivity contribution in [2.45, 2.75) is 20.8 Å². The number of nitrogens with zero attached hydrogens (tertiary/aromatic N) is 3. The van der Waals surface area contributed by atoms with Crippen molar-refractivity contribution >= 4 is 59.7 Å². The van der Waals surface area contributed by atoms with Gasteiger partial charge >= 0.3 is 0 Å². The molecule has 2 aromatic carbocycles. The fraction of sp³-hybridized carbons (Fsp3) is 0.190. The number of hydrogen-bond acceptors (Lipinski definition) is 8. The average Bonchev–Trinajstić information content (AvgIpc) is 3.08. The first-order valence-electron chi connectivity index (χ1n) is 9.51. The Kier molecular flexibility index (Phi) is 5.50. The van der Waals surface area contributed by atoms with Crippen LogP contribution in [0.15, 0.2) is 42.5 Å². The van der Waals surface area contributed by atoms with Crippen molar-refractivity contribution in [1.29, 1.82) is 0 Å². The molecule has 160 valence electrons. The largest absolute Gasteiger partial charge is 0.338 e. The van der Waals surface area contributed by atoms with Crippen molar-refractivity contribution in [1.82, 2.24) is 15.0 Å². The summed E-state index contributed by atoms with van der Waals surface area (Å²) in [5.41, 5.74) is 5.24. The number of hydrogen-bond donors (Lipinski definition) is 3. The highest BCUT2D eigenvalue weighted by Gasteiger charge is 2.14. The molecule has 0 aliphatic rings. The smallest absolute Gasteiger partial charge is 0.229 e. The number of rotatable bonds is 6. The fourth-order valence-corrected chi connectivity index (χ4v) is 4.61. The minimum atomic E-state index is -3.32. The molecule has 0 saturated carbocycles. The van der Waals surface area contributed by atoms with Crippen LogP contribution in [0.3, 0.4) is 0 Å². The van der Waals surface area contributed by atoms with E-state index in [-0.39, 0.29) is 0 Å². The van der Waals surface area contributed by atoms with Crippen LogP contribution >= 0.6 is 11.3 Å². The van der Waals surface area contributed by atoms with Crippen molar-refractivity contribution in [2.24, 2.45) is 0 Å². The standard InChI is InChI=1S/C21H22N6O2S2/c1-12-6-5-7-13(2)17(12)25-21-26-18-19(22-14(3)23-20(18)30-21)24-15-8-10-16(11-9-15)27-31(4,28)29/h5-11,27H,1-4H3,(H,25,26)(H,22,23,24). The summed E-state index contributed by atoms with van der Waals surface area (Å²) in [5.74, 6) is 1.23. The minimum Gasteiger partial charge on any atom is -0.338 e. The molecule has 3 N–H and O–H groups in total. The first kappa shape index (κ1) is 21.0. The molecule has 0 aliphatic heterocycles. The predicted octanol–water partition coefficient (Wildman–Crippen LogP) is 4.87. The lowest BCUT2D eigenvalue weighted by molar-refractivity contribution is 0.607. The van der Waals surface area contributed by atoms with E-state index < -0.39 is 10.0 Å². The number of fused-ring (bicyclic) bond motifs is 1. The lowest BCUT2D eigenvalue weighted by atomic mass is 10.1. The molecule has 2 heterocycles. The second kappa shape index (κ2) is 8.12. The summed E-state index contributed by atoms with van der Waals surface area (Å²) in [4.78, 5) is 14.5. The minimum absolute atomic E-state index is 0.491. The molecular formula is C21H22N6O2S2. The summed E-state index contributed by atoms with van der Waals surface area (Å²) in [6, 6.07) is 13.1. The van der Waals surface area contributed by atoms with Crippen LogP contribution in [0.4, 0.5) is 28.0 Å². The third-order valence-electron chi connectivity index (χ3n) is 4.53. The van der Waals surface area contributed by atoms with Gasteiger partial charge in [-0.15, -0.1) is 0 Å². The van der Waals surface area contributed by atoms with E-state index in [4.69, 9.17) is 4.98 Å². The summed E-state index contributed by atoms with van der Waals surface area (Å²) in [7, 11) is -3.32. The molecule has 0 radical (unpaired) electrons. The van der Waals surface area contributed by atoms with E-state index in [1.165, 1.54) is 11.3 Å². The topological polar surface area (TPSA) is 109 Å². The molecule has 2 aromatic heterocycles. The van der Waals surface area contributed by atoms with Crippen LogP contribution in [-0.2, 0) is 10.0 Å². The maximum atomic E-state index is 11.4. The van der Waals surface area contributed by atoms with E-state index in [1.807, 2.05) is 13.0 Å². The van der Waals surface area contributed by atoms with Gasteiger partial charge in [-0.2, -0.15) is 0 Å². The normalized spacial score (nSPS) is 11.5. The third kappa shape index (κ3) is 4.92. The number of benzene rings is 2. The maximum Gasteiger partial charge on any atom is 0.229 e. The van der Waals surface area contributed by atoms with Crippen molar-refractivity contribution < 1.29 is 8.42 Å². The van der Waals surface area contributed by atoms with Gasteiger partial charge in [-0.25, -0.2) is 23.4 Å². The Morgan fingerprint density at radius 3 is 2.13 bits per heavy atom. The Morgan fingerprint density at radius 2 is 1.48 bits per heavy atom. The monoisotopic (exact) mass is 454 g/mol. The Balaban J connectivity index is 1.64. The molecule has 31 heavy (non-hydrogen) atoms. The van der Waals surface area contributed by atoms with Crippen molar-refractivity contribution in [2.75, 3.05) is 21.6 Å². The van der Waals surface area contributed by atoms with Gasteiger partial charge in [0.1, 0.15) is 11.3 Å². The predicted molar refractivity (Wildman–Crippen MR) is 127 cm³/mol. The fourth-order valence-electron chi connectivity index (χ4n) is 3.16. The second-order valence-electron chi connectivity index (χ2n) is 7.26. The molecule has 0 aliphatic carbocycles. The molecular weight excluding hydrogens is 432 g/mol. The number of thiazole rings is 1. The van der Waals surface area contributed by atoms with Gasteiger partial charge in [-0.3, -0.25) is 4.72 Å². The van der Waals surface area contributed by atoms with Crippen molar-refractivity contribution in [3.05, 3.63) is 59.4 Å². The molecule has 0 bridgehead atoms. The molecule has 4 rings (SSSR count). The highest BCUT2D eigenvalue weighted by atomic mass is 32.2. The van der Waals surface area contributed by atoms with Crippen LogP contribution in [0, 0.1) is 20.8 Å². The highest BCUT2D eigenvalue weighted by molar-refractivity contribution is 7.92. The summed E-state index contributed by atoms with van der Waals surface area (Å²) in [6.07, 6.45) is 1.12. The van der Waals surface area contributed by atoms with Gasteiger partial charge in [0.05, 0.1) is 6.26 Å². The summed E-state index contributed by atoms with van der Waals surface area (Å²) >= 11 is 1.47. The number of aryl methyl sites for hydroxylation is 3. The summed E-state index contributed by atoms with van der Waals surface area (Å²) in [5, 5.41) is 7.42. The Morgan fingerprint density at radius 1 is 0.839 bits per heavy atom. The lowest BCUT2D eigenvalue weighted by Gasteiger charge is -2.09. The van der Waals surface area contributed by atoms with Crippen LogP contribution in [0.1, 0.15) is 17.0 Å². The Hall–Kier alpha value is -3.24. The number of sulfonamides is 1. The van der Waals surface area contributed by atoms with Crippen LogP contribution in [0.2, 0.25) is 0 Å². The van der Waals surface area contributed by atoms with E-state index in [2.05, 4.69) is 51.3 Å². The van der Waals surface area contributed by atoms with Gasteiger partial charge in [0.25, 0.3) is 0 Å². The van der Waals surface area contributed by atoms with Crippen LogP contribution in [0.25, 0.3) is 10.3 Å². The third-order valence-corrected chi connectivity index (χ3v) is 6.01. The molecule has 0 saturated heterocycles. The molecule has 8 nitrogen and oxygen atoms in total. The quantitative estimate of drug-likeness (QED) is 0.381. The zero-order valence-electron chi connectivity index (χ0n) is 17.5. The van der Waals surface area contributed by atoms with Crippen molar-refractivity contribution in [3.63, 3.8) is 0 Å². The molecule has 0 unspecified atom stereocenters. The molecule has 0 amide bonds. The Bertz CT molecular complexity index is 1340. The molecule has 10 heteroatoms. The number of aromatic nitrogens is 3. The van der Waals surface area contributed by atoms with E-state index in [9.17, 15) is 8.42 Å². The Labute approximate surface area is 184 Å². The maximum absolute atomic E-state index is 11.4. The number of nitrogens with one attached hydrogen (secondary N) is 3. The SMILES string of the molecule is Cc1nc(Nc2ccc(NS(C)(=O)=O)cc2)c2nc(Nc3c(C)cccc3C)sc2n1. The zero-order chi connectivity index (χ0) is 22.2. The number of anilines is 5. The van der Waals surface area contributed by atoms with Gasteiger partial charge in [-0.05, 0) is 56.2 Å². The number of para-hydroxylation sites is 1. The van der Waals surface area contributed by atoms with Gasteiger partial charge in [-0.1, -0.05) is 29.5 Å². The first-order chi connectivity index (χ1) is 14.7. The van der Waals surface area contributed by atoms with E-state index in [0.717, 1.165) is 38.7 Å².